The molecule has 1 aliphatic rings. The minimum Gasteiger partial charge on any atom is -0.481 e. The molecule has 240 valence electrons. The fourth-order valence-corrected chi connectivity index (χ4v) is 12.6. The predicted molar refractivity (Wildman–Crippen MR) is 194 cm³/mol. The first-order valence-corrected chi connectivity index (χ1v) is 19.0. The van der Waals surface area contributed by atoms with Crippen molar-refractivity contribution in [3.63, 3.8) is 0 Å². The number of carbonyl (C=O) groups is 1. The van der Waals surface area contributed by atoms with E-state index in [2.05, 4.69) is 143 Å². The number of thiophene rings is 1. The first kappa shape index (κ1) is 33.8. The molecule has 3 aromatic carbocycles. The van der Waals surface area contributed by atoms with Gasteiger partial charge in [-0.1, -0.05) is 136 Å². The van der Waals surface area contributed by atoms with E-state index >= 15 is 0 Å². The van der Waals surface area contributed by atoms with Crippen LogP contribution in [-0.2, 0) is 9.22 Å². The van der Waals surface area contributed by atoms with Crippen LogP contribution < -0.4 is 10.4 Å². The smallest absolute Gasteiger partial charge is 0.303 e. The number of aliphatic hydroxyl groups is 1. The summed E-state index contributed by atoms with van der Waals surface area (Å²) in [5, 5.41) is 23.6. The lowest BCUT2D eigenvalue weighted by Crippen LogP contribution is -2.66. The second-order valence-corrected chi connectivity index (χ2v) is 18.7. The predicted octanol–water partition coefficient (Wildman–Crippen LogP) is 8.83. The third kappa shape index (κ3) is 7.53. The van der Waals surface area contributed by atoms with Crippen molar-refractivity contribution in [1.82, 2.24) is 0 Å². The molecule has 46 heavy (non-hydrogen) atoms. The summed E-state index contributed by atoms with van der Waals surface area (Å²) >= 11 is 1.77. The van der Waals surface area contributed by atoms with Crippen LogP contribution in [0.5, 0.6) is 0 Å². The molecule has 1 aliphatic carbocycles. The van der Waals surface area contributed by atoms with E-state index in [9.17, 15) is 9.90 Å². The normalized spacial score (nSPS) is 19.8. The number of allylic oxidation sites excluding steroid dienone is 2. The van der Waals surface area contributed by atoms with Crippen molar-refractivity contribution < 1.29 is 19.4 Å². The van der Waals surface area contributed by atoms with Gasteiger partial charge in [0.25, 0.3) is 8.32 Å². The monoisotopic (exact) mass is 650 g/mol. The quantitative estimate of drug-likeness (QED) is 0.0862. The molecule has 0 radical (unpaired) electrons. The fraction of sp³-hybridized carbons (Fsp3) is 0.325. The van der Waals surface area contributed by atoms with Gasteiger partial charge in [0, 0.05) is 21.9 Å². The van der Waals surface area contributed by atoms with Gasteiger partial charge < -0.3 is 14.6 Å². The molecule has 0 saturated heterocycles. The highest BCUT2D eigenvalue weighted by Crippen LogP contribution is 2.44. The molecule has 4 atom stereocenters. The first-order valence-electron chi connectivity index (χ1n) is 16.3. The molecule has 1 heterocycles. The summed E-state index contributed by atoms with van der Waals surface area (Å²) < 4.78 is 8.91. The van der Waals surface area contributed by atoms with Crippen LogP contribution in [0.1, 0.15) is 63.9 Å². The van der Waals surface area contributed by atoms with Gasteiger partial charge in [-0.2, -0.15) is 0 Å². The maximum Gasteiger partial charge on any atom is 0.303 e. The molecule has 0 amide bonds. The topological polar surface area (TPSA) is 66.8 Å². The molecule has 6 heteroatoms. The van der Waals surface area contributed by atoms with Gasteiger partial charge in [-0.15, -0.1) is 11.3 Å². The SMILES string of the molecule is C=C1C[C@@H](O)[C@H](/C=C/[C@@H](O[Si](c2ccccc2)(c2ccccc2)C(C)(C)C)c2cc3ccccc3s2)[C@H]1C/C=C\CCCC(=O)O. The largest absolute Gasteiger partial charge is 0.481 e. The Balaban J connectivity index is 1.54. The zero-order valence-corrected chi connectivity index (χ0v) is 29.0. The Morgan fingerprint density at radius 3 is 2.24 bits per heavy atom. The molecule has 1 saturated carbocycles. The zero-order valence-electron chi connectivity index (χ0n) is 27.1. The van der Waals surface area contributed by atoms with E-state index in [1.54, 1.807) is 11.3 Å². The average molecular weight is 651 g/mol. The summed E-state index contributed by atoms with van der Waals surface area (Å²) in [7, 11) is -2.89. The van der Waals surface area contributed by atoms with E-state index < -0.39 is 20.4 Å². The second-order valence-electron chi connectivity index (χ2n) is 13.4. The van der Waals surface area contributed by atoms with Gasteiger partial charge in [-0.05, 0) is 64.5 Å². The van der Waals surface area contributed by atoms with Crippen molar-refractivity contribution in [2.24, 2.45) is 11.8 Å². The molecule has 1 aromatic heterocycles. The first-order chi connectivity index (χ1) is 22.1. The molecule has 5 rings (SSSR count). The van der Waals surface area contributed by atoms with Gasteiger partial charge in [0.2, 0.25) is 0 Å². The number of rotatable bonds is 13. The number of hydrogen-bond donors (Lipinski definition) is 2. The molecular formula is C40H46O4SSi. The molecule has 2 N–H and O–H groups in total. The van der Waals surface area contributed by atoms with Crippen LogP contribution in [0.25, 0.3) is 10.1 Å². The van der Waals surface area contributed by atoms with E-state index in [1.807, 2.05) is 0 Å². The molecule has 0 unspecified atom stereocenters. The van der Waals surface area contributed by atoms with E-state index in [-0.39, 0.29) is 29.4 Å². The third-order valence-electron chi connectivity index (χ3n) is 9.18. The number of carboxylic acid groups (broad SMARTS) is 1. The van der Waals surface area contributed by atoms with Crippen molar-refractivity contribution in [3.05, 3.63) is 132 Å². The number of fused-ring (bicyclic) bond motifs is 1. The Hall–Kier alpha value is -3.55. The van der Waals surface area contributed by atoms with E-state index in [4.69, 9.17) is 9.53 Å². The second kappa shape index (κ2) is 14.9. The van der Waals surface area contributed by atoms with Gasteiger partial charge in [0.1, 0.15) is 0 Å². The van der Waals surface area contributed by atoms with Crippen LogP contribution in [0.4, 0.5) is 0 Å². The lowest BCUT2D eigenvalue weighted by atomic mass is 9.89. The van der Waals surface area contributed by atoms with Gasteiger partial charge >= 0.3 is 5.97 Å². The molecule has 4 nitrogen and oxygen atoms in total. The lowest BCUT2D eigenvalue weighted by Gasteiger charge is -2.44. The van der Waals surface area contributed by atoms with E-state index in [1.165, 1.54) is 20.5 Å². The summed E-state index contributed by atoms with van der Waals surface area (Å²) in [5.41, 5.74) is 1.06. The number of aliphatic hydroxyl groups excluding tert-OH is 1. The number of unbranched alkanes of at least 4 members (excludes halogenated alkanes) is 1. The van der Waals surface area contributed by atoms with Crippen LogP contribution in [0.15, 0.2) is 127 Å². The van der Waals surface area contributed by atoms with Crippen molar-refractivity contribution >= 4 is 46.1 Å². The Morgan fingerprint density at radius 1 is 1.00 bits per heavy atom. The Morgan fingerprint density at radius 2 is 1.63 bits per heavy atom. The minimum absolute atomic E-state index is 0.0872. The molecule has 0 spiro atoms. The highest BCUT2D eigenvalue weighted by atomic mass is 32.1. The molecule has 0 bridgehead atoms. The molecular weight excluding hydrogens is 605 g/mol. The number of carboxylic acids is 1. The summed E-state index contributed by atoms with van der Waals surface area (Å²) in [6.07, 6.45) is 10.6. The van der Waals surface area contributed by atoms with Gasteiger partial charge in [0.05, 0.1) is 12.2 Å². The summed E-state index contributed by atoms with van der Waals surface area (Å²) in [4.78, 5) is 12.0. The van der Waals surface area contributed by atoms with Gasteiger partial charge in [-0.3, -0.25) is 4.79 Å². The molecule has 0 aliphatic heterocycles. The van der Waals surface area contributed by atoms with Crippen LogP contribution in [-0.4, -0.2) is 30.6 Å². The highest BCUT2D eigenvalue weighted by molar-refractivity contribution is 7.19. The van der Waals surface area contributed by atoms with Crippen molar-refractivity contribution in [3.8, 4) is 0 Å². The average Bonchev–Trinajstić information content (AvgIpc) is 3.58. The number of aliphatic carboxylic acids is 1. The summed E-state index contributed by atoms with van der Waals surface area (Å²) in [6, 6.07) is 32.2. The summed E-state index contributed by atoms with van der Waals surface area (Å²) in [5.74, 6) is -0.743. The van der Waals surface area contributed by atoms with Crippen LogP contribution in [0, 0.1) is 11.8 Å². The maximum atomic E-state index is 11.2. The van der Waals surface area contributed by atoms with E-state index in [0.29, 0.717) is 12.8 Å². The third-order valence-corrected chi connectivity index (χ3v) is 15.4. The Kier molecular flexibility index (Phi) is 11.0. The van der Waals surface area contributed by atoms with Crippen LogP contribution >= 0.6 is 11.3 Å². The number of hydrogen-bond acceptors (Lipinski definition) is 4. The minimum atomic E-state index is -2.89. The number of benzene rings is 3. The zero-order chi connectivity index (χ0) is 32.7. The fourth-order valence-electron chi connectivity index (χ4n) is 6.86. The van der Waals surface area contributed by atoms with Crippen LogP contribution in [0.2, 0.25) is 5.04 Å². The van der Waals surface area contributed by atoms with Crippen molar-refractivity contribution in [2.45, 2.75) is 70.1 Å². The molecule has 4 aromatic rings. The highest BCUT2D eigenvalue weighted by Gasteiger charge is 2.51. The molecule has 1 fully saturated rings. The Labute approximate surface area is 278 Å². The van der Waals surface area contributed by atoms with Crippen molar-refractivity contribution in [2.75, 3.05) is 0 Å². The van der Waals surface area contributed by atoms with Gasteiger partial charge in [-0.25, -0.2) is 0 Å². The summed E-state index contributed by atoms with van der Waals surface area (Å²) in [6.45, 7) is 11.2. The van der Waals surface area contributed by atoms with Crippen molar-refractivity contribution in [1.29, 1.82) is 0 Å². The standard InChI is InChI=1S/C40H46O4SSi/c1-29-27-35(41)34(33(29)22-13-5-6-14-24-39(42)43)25-26-36(38-28-30-17-15-16-23-37(30)45-38)44-46(40(2,3)4,31-18-9-7-10-19-31)32-20-11-8-12-21-32/h5,7-13,15-21,23,25-26,28,33-36,41H,1,6,14,22,24,27H2,2-4H3,(H,42,43)/b13-5-,26-25+/t33-,34+,35+,36+/m0/s1. The maximum absolute atomic E-state index is 11.2. The van der Waals surface area contributed by atoms with E-state index in [0.717, 1.165) is 23.3 Å². The Bertz CT molecular complexity index is 1600. The lowest BCUT2D eigenvalue weighted by molar-refractivity contribution is -0.137. The van der Waals surface area contributed by atoms with Gasteiger partial charge in [0.15, 0.2) is 0 Å². The van der Waals surface area contributed by atoms with Crippen LogP contribution in [0.3, 0.4) is 0 Å².